The molecule has 2 aromatic rings. The summed E-state index contributed by atoms with van der Waals surface area (Å²) in [6, 6.07) is 5.54. The minimum atomic E-state index is 0.227. The highest BCUT2D eigenvalue weighted by atomic mass is 35.5. The zero-order valence-electron chi connectivity index (χ0n) is 10.3. The monoisotopic (exact) mass is 315 g/mol. The Hall–Kier alpha value is -1.03. The van der Waals surface area contributed by atoms with Crippen molar-refractivity contribution in [1.82, 2.24) is 9.97 Å². The second-order valence-electron chi connectivity index (χ2n) is 3.91. The Kier molecular flexibility index (Phi) is 4.86. The molecule has 0 aromatic carbocycles. The summed E-state index contributed by atoms with van der Waals surface area (Å²) < 4.78 is 0. The molecule has 0 fully saturated rings. The van der Waals surface area contributed by atoms with Crippen LogP contribution in [0.25, 0.3) is 0 Å². The van der Waals surface area contributed by atoms with Gasteiger partial charge in [-0.05, 0) is 24.1 Å². The second kappa shape index (κ2) is 6.42. The van der Waals surface area contributed by atoms with E-state index in [4.69, 9.17) is 34.8 Å². The number of rotatable bonds is 4. The molecule has 0 aliphatic carbocycles. The maximum atomic E-state index is 6.05. The molecule has 0 amide bonds. The molecule has 1 N–H and O–H groups in total. The number of anilines is 1. The zero-order chi connectivity index (χ0) is 13.8. The number of halogens is 3. The van der Waals surface area contributed by atoms with E-state index in [1.54, 1.807) is 12.3 Å². The van der Waals surface area contributed by atoms with Gasteiger partial charge in [0.15, 0.2) is 0 Å². The molecule has 2 rings (SSSR count). The number of hydrogen-bond acceptors (Lipinski definition) is 3. The van der Waals surface area contributed by atoms with E-state index < -0.39 is 0 Å². The number of nitrogens with one attached hydrogen (secondary N) is 1. The number of aromatic nitrogens is 2. The third-order valence-corrected chi connectivity index (χ3v) is 3.64. The Morgan fingerprint density at radius 2 is 2.00 bits per heavy atom. The van der Waals surface area contributed by atoms with Crippen molar-refractivity contribution in [2.24, 2.45) is 0 Å². The fourth-order valence-electron chi connectivity index (χ4n) is 1.69. The van der Waals surface area contributed by atoms with Gasteiger partial charge in [-0.25, -0.2) is 4.98 Å². The topological polar surface area (TPSA) is 37.8 Å². The largest absolute Gasteiger partial charge is 0.363 e. The van der Waals surface area contributed by atoms with Crippen molar-refractivity contribution in [2.75, 3.05) is 5.32 Å². The first-order valence-electron chi connectivity index (χ1n) is 5.80. The summed E-state index contributed by atoms with van der Waals surface area (Å²) in [7, 11) is 0. The predicted molar refractivity (Wildman–Crippen MR) is 80.2 cm³/mol. The number of nitrogens with zero attached hydrogens (tertiary/aromatic N) is 2. The molecule has 0 spiro atoms. The molecular formula is C13H12Cl3N3. The van der Waals surface area contributed by atoms with Crippen LogP contribution < -0.4 is 5.32 Å². The van der Waals surface area contributed by atoms with Crippen LogP contribution in [0.4, 0.5) is 5.82 Å². The SMILES string of the molecule is CCc1cccnc1CNc1nc(Cl)c(Cl)cc1Cl. The minimum Gasteiger partial charge on any atom is -0.363 e. The number of pyridine rings is 2. The van der Waals surface area contributed by atoms with Crippen LogP contribution in [0.3, 0.4) is 0 Å². The average Bonchev–Trinajstić information content (AvgIpc) is 2.41. The van der Waals surface area contributed by atoms with E-state index in [-0.39, 0.29) is 5.15 Å². The van der Waals surface area contributed by atoms with Gasteiger partial charge in [-0.1, -0.05) is 47.8 Å². The highest BCUT2D eigenvalue weighted by Crippen LogP contribution is 2.29. The van der Waals surface area contributed by atoms with Gasteiger partial charge in [-0.15, -0.1) is 0 Å². The fourth-order valence-corrected chi connectivity index (χ4v) is 2.25. The molecule has 0 aliphatic rings. The fraction of sp³-hybridized carbons (Fsp3) is 0.231. The normalized spacial score (nSPS) is 10.5. The molecule has 0 atom stereocenters. The van der Waals surface area contributed by atoms with E-state index in [0.717, 1.165) is 12.1 Å². The van der Waals surface area contributed by atoms with Crippen molar-refractivity contribution < 1.29 is 0 Å². The molecular weight excluding hydrogens is 305 g/mol. The van der Waals surface area contributed by atoms with Crippen molar-refractivity contribution in [3.8, 4) is 0 Å². The summed E-state index contributed by atoms with van der Waals surface area (Å²) in [6.45, 7) is 2.62. The van der Waals surface area contributed by atoms with E-state index in [9.17, 15) is 0 Å². The Labute approximate surface area is 126 Å². The van der Waals surface area contributed by atoms with Gasteiger partial charge in [0.25, 0.3) is 0 Å². The molecule has 0 saturated heterocycles. The molecule has 100 valence electrons. The van der Waals surface area contributed by atoms with Crippen molar-refractivity contribution >= 4 is 40.6 Å². The molecule has 2 heterocycles. The van der Waals surface area contributed by atoms with Gasteiger partial charge in [0, 0.05) is 6.20 Å². The summed E-state index contributed by atoms with van der Waals surface area (Å²) >= 11 is 17.8. The van der Waals surface area contributed by atoms with E-state index in [1.165, 1.54) is 5.56 Å². The van der Waals surface area contributed by atoms with Crippen LogP contribution in [0.2, 0.25) is 15.2 Å². The molecule has 0 radical (unpaired) electrons. The molecule has 19 heavy (non-hydrogen) atoms. The first kappa shape index (κ1) is 14.4. The smallest absolute Gasteiger partial charge is 0.150 e. The third kappa shape index (κ3) is 3.50. The second-order valence-corrected chi connectivity index (χ2v) is 5.08. The Morgan fingerprint density at radius 3 is 2.74 bits per heavy atom. The van der Waals surface area contributed by atoms with Gasteiger partial charge in [0.2, 0.25) is 0 Å². The van der Waals surface area contributed by atoms with Crippen molar-refractivity contribution in [3.05, 3.63) is 50.9 Å². The molecule has 0 bridgehead atoms. The Balaban J connectivity index is 2.17. The molecule has 0 saturated carbocycles. The molecule has 3 nitrogen and oxygen atoms in total. The van der Waals surface area contributed by atoms with Crippen molar-refractivity contribution in [1.29, 1.82) is 0 Å². The van der Waals surface area contributed by atoms with Gasteiger partial charge in [0.1, 0.15) is 11.0 Å². The minimum absolute atomic E-state index is 0.227. The summed E-state index contributed by atoms with van der Waals surface area (Å²) in [5, 5.41) is 4.12. The maximum Gasteiger partial charge on any atom is 0.150 e. The molecule has 0 unspecified atom stereocenters. The van der Waals surface area contributed by atoms with Crippen molar-refractivity contribution in [2.45, 2.75) is 19.9 Å². The van der Waals surface area contributed by atoms with Gasteiger partial charge >= 0.3 is 0 Å². The highest BCUT2D eigenvalue weighted by molar-refractivity contribution is 6.42. The molecule has 6 heteroatoms. The predicted octanol–water partition coefficient (Wildman–Crippen LogP) is 4.61. The summed E-state index contributed by atoms with van der Waals surface area (Å²) in [5.74, 6) is 0.503. The van der Waals surface area contributed by atoms with Crippen LogP contribution in [-0.4, -0.2) is 9.97 Å². The maximum absolute atomic E-state index is 6.05. The van der Waals surface area contributed by atoms with Gasteiger partial charge in [-0.3, -0.25) is 4.98 Å². The van der Waals surface area contributed by atoms with Crippen LogP contribution in [-0.2, 0) is 13.0 Å². The Morgan fingerprint density at radius 1 is 1.21 bits per heavy atom. The third-order valence-electron chi connectivity index (χ3n) is 2.68. The molecule has 2 aromatic heterocycles. The lowest BCUT2D eigenvalue weighted by molar-refractivity contribution is 0.965. The van der Waals surface area contributed by atoms with Crippen LogP contribution in [0.5, 0.6) is 0 Å². The Bertz CT molecular complexity index is 587. The standard InChI is InChI=1S/C13H12Cl3N3/c1-2-8-4-3-5-17-11(8)7-18-13-10(15)6-9(14)12(16)19-13/h3-6H,2,7H2,1H3,(H,18,19). The van der Waals surface area contributed by atoms with E-state index in [1.807, 2.05) is 12.1 Å². The lowest BCUT2D eigenvalue weighted by Gasteiger charge is -2.10. The lowest BCUT2D eigenvalue weighted by Crippen LogP contribution is -2.06. The first-order valence-corrected chi connectivity index (χ1v) is 6.93. The lowest BCUT2D eigenvalue weighted by atomic mass is 10.1. The van der Waals surface area contributed by atoms with Gasteiger partial charge in [0.05, 0.1) is 22.3 Å². The van der Waals surface area contributed by atoms with E-state index in [0.29, 0.717) is 22.4 Å². The number of hydrogen-bond donors (Lipinski definition) is 1. The summed E-state index contributed by atoms with van der Waals surface area (Å²) in [5.41, 5.74) is 2.15. The van der Waals surface area contributed by atoms with Gasteiger partial charge < -0.3 is 5.32 Å². The highest BCUT2D eigenvalue weighted by Gasteiger charge is 2.08. The zero-order valence-corrected chi connectivity index (χ0v) is 12.5. The van der Waals surface area contributed by atoms with E-state index in [2.05, 4.69) is 22.2 Å². The molecule has 0 aliphatic heterocycles. The van der Waals surface area contributed by atoms with Crippen molar-refractivity contribution in [3.63, 3.8) is 0 Å². The van der Waals surface area contributed by atoms with E-state index >= 15 is 0 Å². The summed E-state index contributed by atoms with van der Waals surface area (Å²) in [4.78, 5) is 8.45. The summed E-state index contributed by atoms with van der Waals surface area (Å²) in [6.07, 6.45) is 2.69. The van der Waals surface area contributed by atoms with Crippen LogP contribution in [0.15, 0.2) is 24.4 Å². The van der Waals surface area contributed by atoms with Gasteiger partial charge in [-0.2, -0.15) is 0 Å². The average molecular weight is 317 g/mol. The van der Waals surface area contributed by atoms with Crippen LogP contribution in [0, 0.1) is 0 Å². The number of aryl methyl sites for hydroxylation is 1. The first-order chi connectivity index (χ1) is 9.11. The quantitative estimate of drug-likeness (QED) is 0.837. The van der Waals surface area contributed by atoms with Crippen LogP contribution >= 0.6 is 34.8 Å². The van der Waals surface area contributed by atoms with Crippen LogP contribution in [0.1, 0.15) is 18.2 Å².